The first kappa shape index (κ1) is 21.3. The van der Waals surface area contributed by atoms with Crippen LogP contribution in [0.3, 0.4) is 0 Å². The summed E-state index contributed by atoms with van der Waals surface area (Å²) in [4.78, 5) is 31.7. The van der Waals surface area contributed by atoms with Gasteiger partial charge in [0.1, 0.15) is 5.75 Å². The van der Waals surface area contributed by atoms with Gasteiger partial charge in [0.05, 0.1) is 11.9 Å². The fraction of sp³-hybridized carbons (Fsp3) is 0.381. The van der Waals surface area contributed by atoms with Gasteiger partial charge in [-0.1, -0.05) is 12.1 Å². The van der Waals surface area contributed by atoms with E-state index in [0.29, 0.717) is 24.2 Å². The highest BCUT2D eigenvalue weighted by atomic mass is 32.2. The van der Waals surface area contributed by atoms with Crippen molar-refractivity contribution in [2.24, 2.45) is 7.05 Å². The average Bonchev–Trinajstić information content (AvgIpc) is 3.30. The molecule has 31 heavy (non-hydrogen) atoms. The molecule has 0 saturated carbocycles. The molecule has 0 bridgehead atoms. The van der Waals surface area contributed by atoms with E-state index in [0.717, 1.165) is 15.0 Å². The summed E-state index contributed by atoms with van der Waals surface area (Å²) >= 11 is 1.66. The van der Waals surface area contributed by atoms with Gasteiger partial charge < -0.3 is 15.2 Å². The van der Waals surface area contributed by atoms with Gasteiger partial charge in [-0.05, 0) is 42.9 Å². The molecule has 1 aliphatic heterocycles. The first-order chi connectivity index (χ1) is 14.9. The maximum absolute atomic E-state index is 13.3. The topological polar surface area (TPSA) is 103 Å². The number of aliphatic hydroxyl groups excluding tert-OH is 1. The zero-order valence-electron chi connectivity index (χ0n) is 17.7. The third-order valence-corrected chi connectivity index (χ3v) is 6.14. The van der Waals surface area contributed by atoms with Crippen molar-refractivity contribution in [3.05, 3.63) is 61.8 Å². The molecule has 9 nitrogen and oxygen atoms in total. The normalized spacial score (nSPS) is 15.9. The lowest BCUT2D eigenvalue weighted by molar-refractivity contribution is 0.277. The molecular weight excluding hydrogens is 418 g/mol. The largest absolute Gasteiger partial charge is 0.425 e. The minimum absolute atomic E-state index is 0.000199. The van der Waals surface area contributed by atoms with E-state index in [9.17, 15) is 14.7 Å². The number of aliphatic hydroxyl groups is 1. The second-order valence-electron chi connectivity index (χ2n) is 7.50. The average molecular weight is 444 g/mol. The molecule has 1 unspecified atom stereocenters. The molecular formula is C21H25N5O4S. The summed E-state index contributed by atoms with van der Waals surface area (Å²) in [7, 11) is 1.58. The number of fused-ring (bicyclic) bond motifs is 1. The van der Waals surface area contributed by atoms with Crippen LogP contribution in [0.15, 0.2) is 45.0 Å². The summed E-state index contributed by atoms with van der Waals surface area (Å²) in [6.45, 7) is 4.42. The molecule has 164 valence electrons. The van der Waals surface area contributed by atoms with Crippen LogP contribution in [-0.4, -0.2) is 35.8 Å². The number of hydrogen-bond acceptors (Lipinski definition) is 7. The first-order valence-electron chi connectivity index (χ1n) is 10.0. The van der Waals surface area contributed by atoms with Crippen molar-refractivity contribution in [1.82, 2.24) is 24.0 Å². The second kappa shape index (κ2) is 8.64. The van der Waals surface area contributed by atoms with Crippen molar-refractivity contribution in [1.29, 1.82) is 0 Å². The number of thioether (sulfide) groups is 1. The maximum atomic E-state index is 13.3. The van der Waals surface area contributed by atoms with Crippen LogP contribution in [0.2, 0.25) is 0 Å². The Morgan fingerprint density at radius 3 is 2.74 bits per heavy atom. The van der Waals surface area contributed by atoms with Crippen molar-refractivity contribution < 1.29 is 9.84 Å². The minimum atomic E-state index is -0.469. The quantitative estimate of drug-likeness (QED) is 0.575. The Labute approximate surface area is 183 Å². The summed E-state index contributed by atoms with van der Waals surface area (Å²) in [5.41, 5.74) is 0.696. The molecule has 2 N–H and O–H groups in total. The van der Waals surface area contributed by atoms with Crippen LogP contribution in [0, 0.1) is 6.92 Å². The van der Waals surface area contributed by atoms with Crippen LogP contribution in [0.4, 0.5) is 0 Å². The smallest absolute Gasteiger partial charge is 0.332 e. The summed E-state index contributed by atoms with van der Waals surface area (Å²) < 4.78 is 10.3. The fourth-order valence-corrected chi connectivity index (χ4v) is 4.51. The summed E-state index contributed by atoms with van der Waals surface area (Å²) in [5.74, 6) is 0.600. The summed E-state index contributed by atoms with van der Waals surface area (Å²) in [5, 5.41) is 12.5. The van der Waals surface area contributed by atoms with Crippen LogP contribution in [0.5, 0.6) is 11.8 Å². The van der Waals surface area contributed by atoms with Gasteiger partial charge in [0.25, 0.3) is 5.56 Å². The number of aryl methyl sites for hydroxylation is 2. The fourth-order valence-electron chi connectivity index (χ4n) is 3.57. The molecule has 0 aliphatic carbocycles. The van der Waals surface area contributed by atoms with Crippen molar-refractivity contribution in [3.63, 3.8) is 0 Å². The minimum Gasteiger partial charge on any atom is -0.425 e. The third kappa shape index (κ3) is 4.13. The highest BCUT2D eigenvalue weighted by Crippen LogP contribution is 2.30. The van der Waals surface area contributed by atoms with Gasteiger partial charge in [-0.3, -0.25) is 18.5 Å². The SMILES string of the molecule is CC1=CNC(Cn2c(Oc3cccc(C)c3)nc3c2c(=O)n(CCCO)c(=O)n3C)S1. The number of allylic oxidation sites excluding steroid dienone is 1. The van der Waals surface area contributed by atoms with Gasteiger partial charge >= 0.3 is 11.7 Å². The molecule has 0 saturated heterocycles. The van der Waals surface area contributed by atoms with Crippen LogP contribution >= 0.6 is 11.8 Å². The molecule has 2 aromatic heterocycles. The van der Waals surface area contributed by atoms with E-state index in [-0.39, 0.29) is 30.2 Å². The molecule has 0 spiro atoms. The molecule has 1 aromatic carbocycles. The molecule has 3 aromatic rings. The van der Waals surface area contributed by atoms with Crippen molar-refractivity contribution >= 4 is 22.9 Å². The van der Waals surface area contributed by atoms with Gasteiger partial charge in [-0.2, -0.15) is 4.98 Å². The monoisotopic (exact) mass is 443 g/mol. The zero-order valence-corrected chi connectivity index (χ0v) is 18.5. The standard InChI is InChI=1S/C21H25N5O4S/c1-13-6-4-7-15(10-13)30-20-23-18-17(26(20)12-16-22-11-14(2)31-16)19(28)25(8-5-9-27)21(29)24(18)3/h4,6-7,10-11,16,22,27H,5,8-9,12H2,1-3H3. The lowest BCUT2D eigenvalue weighted by Crippen LogP contribution is -2.40. The Morgan fingerprint density at radius 2 is 2.06 bits per heavy atom. The van der Waals surface area contributed by atoms with E-state index < -0.39 is 11.2 Å². The number of benzene rings is 1. The van der Waals surface area contributed by atoms with Crippen molar-refractivity contribution in [2.75, 3.05) is 6.61 Å². The number of imidazole rings is 1. The number of hydrogen-bond donors (Lipinski definition) is 2. The Bertz CT molecular complexity index is 1270. The second-order valence-corrected chi connectivity index (χ2v) is 8.95. The predicted octanol–water partition coefficient (Wildman–Crippen LogP) is 1.90. The Balaban J connectivity index is 1.88. The van der Waals surface area contributed by atoms with E-state index in [1.165, 1.54) is 4.57 Å². The van der Waals surface area contributed by atoms with E-state index >= 15 is 0 Å². The van der Waals surface area contributed by atoms with Gasteiger partial charge in [-0.25, -0.2) is 4.79 Å². The Hall–Kier alpha value is -2.98. The van der Waals surface area contributed by atoms with Crippen LogP contribution in [0.25, 0.3) is 11.2 Å². The van der Waals surface area contributed by atoms with Crippen molar-refractivity contribution in [3.8, 4) is 11.8 Å². The molecule has 0 amide bonds. The van der Waals surface area contributed by atoms with Gasteiger partial charge in [0.2, 0.25) is 0 Å². The van der Waals surface area contributed by atoms with E-state index in [4.69, 9.17) is 4.74 Å². The molecule has 1 aliphatic rings. The van der Waals surface area contributed by atoms with Gasteiger partial charge in [0.15, 0.2) is 11.2 Å². The molecule has 3 heterocycles. The summed E-state index contributed by atoms with van der Waals surface area (Å²) in [6, 6.07) is 7.81. The molecule has 4 rings (SSSR count). The number of rotatable bonds is 7. The number of nitrogens with one attached hydrogen (secondary N) is 1. The van der Waals surface area contributed by atoms with Gasteiger partial charge in [-0.15, -0.1) is 11.8 Å². The predicted molar refractivity (Wildman–Crippen MR) is 120 cm³/mol. The van der Waals surface area contributed by atoms with Crippen LogP contribution < -0.4 is 21.3 Å². The number of ether oxygens (including phenoxy) is 1. The van der Waals surface area contributed by atoms with Crippen LogP contribution in [-0.2, 0) is 20.1 Å². The zero-order chi connectivity index (χ0) is 22.1. The lowest BCUT2D eigenvalue weighted by Gasteiger charge is -2.15. The van der Waals surface area contributed by atoms with Crippen LogP contribution in [0.1, 0.15) is 18.9 Å². The maximum Gasteiger partial charge on any atom is 0.332 e. The van der Waals surface area contributed by atoms with Gasteiger partial charge in [0, 0.05) is 26.4 Å². The highest BCUT2D eigenvalue weighted by molar-refractivity contribution is 8.03. The van der Waals surface area contributed by atoms with E-state index in [2.05, 4.69) is 10.3 Å². The Kier molecular flexibility index (Phi) is 5.92. The molecule has 1 atom stereocenters. The molecule has 10 heteroatoms. The van der Waals surface area contributed by atoms with Crippen molar-refractivity contribution in [2.45, 2.75) is 38.7 Å². The first-order valence-corrected chi connectivity index (χ1v) is 10.9. The summed E-state index contributed by atoms with van der Waals surface area (Å²) in [6.07, 6.45) is 2.25. The third-order valence-electron chi connectivity index (χ3n) is 5.08. The Morgan fingerprint density at radius 1 is 1.26 bits per heavy atom. The lowest BCUT2D eigenvalue weighted by atomic mass is 10.2. The number of aromatic nitrogens is 4. The molecule has 0 radical (unpaired) electrons. The highest BCUT2D eigenvalue weighted by Gasteiger charge is 2.25. The van der Waals surface area contributed by atoms with E-state index in [1.54, 1.807) is 23.4 Å². The number of nitrogens with zero attached hydrogens (tertiary/aromatic N) is 4. The van der Waals surface area contributed by atoms with E-state index in [1.807, 2.05) is 44.3 Å². The molecule has 0 fully saturated rings.